The Balaban J connectivity index is 2.05. The Morgan fingerprint density at radius 3 is 2.42 bits per heavy atom. The van der Waals surface area contributed by atoms with Crippen molar-refractivity contribution in [2.75, 3.05) is 11.1 Å². The van der Waals surface area contributed by atoms with Gasteiger partial charge in [0.1, 0.15) is 0 Å². The van der Waals surface area contributed by atoms with E-state index in [4.69, 9.17) is 5.14 Å². The van der Waals surface area contributed by atoms with Crippen molar-refractivity contribution in [3.63, 3.8) is 0 Å². The number of aryl methyl sites for hydroxylation is 3. The zero-order chi connectivity index (χ0) is 17.9. The number of benzene rings is 2. The second-order valence-electron chi connectivity index (χ2n) is 5.63. The molecule has 0 aliphatic carbocycles. The lowest BCUT2D eigenvalue weighted by atomic mass is 10.2. The van der Waals surface area contributed by atoms with Gasteiger partial charge in [0, 0.05) is 10.6 Å². The number of hydrogen-bond donors (Lipinski definition) is 2. The fourth-order valence-electron chi connectivity index (χ4n) is 2.29. The predicted molar refractivity (Wildman–Crippen MR) is 97.8 cm³/mol. The Morgan fingerprint density at radius 1 is 1.08 bits per heavy atom. The number of carbonyl (C=O) groups excluding carboxylic acids is 1. The summed E-state index contributed by atoms with van der Waals surface area (Å²) in [6.45, 7) is 5.68. The number of rotatable bonds is 5. The average Bonchev–Trinajstić information content (AvgIpc) is 2.47. The summed E-state index contributed by atoms with van der Waals surface area (Å²) in [4.78, 5) is 13.2. The van der Waals surface area contributed by atoms with Gasteiger partial charge in [-0.1, -0.05) is 23.8 Å². The van der Waals surface area contributed by atoms with Gasteiger partial charge in [0.25, 0.3) is 0 Å². The first kappa shape index (κ1) is 18.5. The van der Waals surface area contributed by atoms with Gasteiger partial charge in [0.2, 0.25) is 15.9 Å². The minimum absolute atomic E-state index is 0.0160. The van der Waals surface area contributed by atoms with E-state index >= 15 is 0 Å². The molecular weight excluding hydrogens is 344 g/mol. The Labute approximate surface area is 146 Å². The summed E-state index contributed by atoms with van der Waals surface area (Å²) in [5, 5.41) is 7.88. The molecule has 0 aromatic heterocycles. The smallest absolute Gasteiger partial charge is 0.238 e. The standard InChI is InChI=1S/C17H20N2O3S2/c1-11-4-7-15(13(3)8-11)23-10-17(20)19-14-6-5-12(2)16(9-14)24(18,21)22/h4-9H,10H2,1-3H3,(H,19,20)(H2,18,21,22). The molecule has 3 N–H and O–H groups in total. The molecule has 2 rings (SSSR count). The van der Waals surface area contributed by atoms with E-state index in [-0.39, 0.29) is 16.6 Å². The molecule has 5 nitrogen and oxygen atoms in total. The first-order chi connectivity index (χ1) is 11.2. The topological polar surface area (TPSA) is 89.3 Å². The number of sulfonamides is 1. The summed E-state index contributed by atoms with van der Waals surface area (Å²) in [7, 11) is -3.81. The van der Waals surface area contributed by atoms with Crippen molar-refractivity contribution in [2.45, 2.75) is 30.6 Å². The summed E-state index contributed by atoms with van der Waals surface area (Å²) >= 11 is 1.44. The number of anilines is 1. The molecule has 7 heteroatoms. The molecule has 0 radical (unpaired) electrons. The molecule has 0 aliphatic heterocycles. The monoisotopic (exact) mass is 364 g/mol. The summed E-state index contributed by atoms with van der Waals surface area (Å²) in [5.41, 5.74) is 3.26. The molecule has 2 aromatic rings. The maximum Gasteiger partial charge on any atom is 0.238 e. The fourth-order valence-corrected chi connectivity index (χ4v) is 3.90. The molecule has 0 bridgehead atoms. The third-order valence-electron chi connectivity index (χ3n) is 3.47. The Kier molecular flexibility index (Phi) is 5.69. The molecule has 1 amide bonds. The van der Waals surface area contributed by atoms with Crippen molar-refractivity contribution in [3.05, 3.63) is 53.1 Å². The van der Waals surface area contributed by atoms with Gasteiger partial charge in [-0.05, 0) is 50.1 Å². The van der Waals surface area contributed by atoms with Crippen molar-refractivity contribution >= 4 is 33.4 Å². The van der Waals surface area contributed by atoms with Crippen LogP contribution in [0.1, 0.15) is 16.7 Å². The van der Waals surface area contributed by atoms with E-state index in [2.05, 4.69) is 11.4 Å². The predicted octanol–water partition coefficient (Wildman–Crippen LogP) is 2.99. The highest BCUT2D eigenvalue weighted by Crippen LogP contribution is 2.24. The van der Waals surface area contributed by atoms with Gasteiger partial charge in [0.05, 0.1) is 10.6 Å². The Hall–Kier alpha value is -1.83. The molecule has 128 valence electrons. The molecular formula is C17H20N2O3S2. The third-order valence-corrected chi connectivity index (χ3v) is 5.70. The summed E-state index contributed by atoms with van der Waals surface area (Å²) in [6.07, 6.45) is 0. The normalized spacial score (nSPS) is 11.3. The number of hydrogen-bond acceptors (Lipinski definition) is 4. The number of nitrogens with one attached hydrogen (secondary N) is 1. The van der Waals surface area contributed by atoms with Gasteiger partial charge in [-0.15, -0.1) is 11.8 Å². The van der Waals surface area contributed by atoms with Crippen LogP contribution in [0.5, 0.6) is 0 Å². The van der Waals surface area contributed by atoms with E-state index in [1.54, 1.807) is 19.1 Å². The van der Waals surface area contributed by atoms with Crippen LogP contribution in [-0.4, -0.2) is 20.1 Å². The molecule has 0 unspecified atom stereocenters. The molecule has 0 spiro atoms. The van der Waals surface area contributed by atoms with Crippen LogP contribution in [0, 0.1) is 20.8 Å². The quantitative estimate of drug-likeness (QED) is 0.798. The Morgan fingerprint density at radius 2 is 1.79 bits per heavy atom. The summed E-state index contributed by atoms with van der Waals surface area (Å²) in [6, 6.07) is 10.7. The number of amides is 1. The van der Waals surface area contributed by atoms with E-state index in [1.807, 2.05) is 26.0 Å². The SMILES string of the molecule is Cc1ccc(SCC(=O)Nc2ccc(C)c(S(N)(=O)=O)c2)c(C)c1. The van der Waals surface area contributed by atoms with Crippen LogP contribution in [0.25, 0.3) is 0 Å². The molecule has 0 aliphatic rings. The molecule has 2 aromatic carbocycles. The maximum absolute atomic E-state index is 12.1. The van der Waals surface area contributed by atoms with Crippen LogP contribution in [-0.2, 0) is 14.8 Å². The van der Waals surface area contributed by atoms with Gasteiger partial charge < -0.3 is 5.32 Å². The van der Waals surface area contributed by atoms with Crippen LogP contribution in [0.4, 0.5) is 5.69 Å². The molecule has 0 fully saturated rings. The highest BCUT2D eigenvalue weighted by molar-refractivity contribution is 8.00. The number of carbonyl (C=O) groups is 1. The lowest BCUT2D eigenvalue weighted by Crippen LogP contribution is -2.17. The van der Waals surface area contributed by atoms with E-state index in [0.717, 1.165) is 10.5 Å². The van der Waals surface area contributed by atoms with Crippen molar-refractivity contribution < 1.29 is 13.2 Å². The second kappa shape index (κ2) is 7.38. The van der Waals surface area contributed by atoms with Gasteiger partial charge in [-0.3, -0.25) is 4.79 Å². The van der Waals surface area contributed by atoms with Gasteiger partial charge in [-0.25, -0.2) is 13.6 Å². The summed E-state index contributed by atoms with van der Waals surface area (Å²) in [5.74, 6) is 0.0341. The molecule has 0 saturated carbocycles. The number of nitrogens with two attached hydrogens (primary N) is 1. The average molecular weight is 364 g/mol. The van der Waals surface area contributed by atoms with Crippen molar-refractivity contribution in [3.8, 4) is 0 Å². The minimum atomic E-state index is -3.81. The minimum Gasteiger partial charge on any atom is -0.325 e. The van der Waals surface area contributed by atoms with Crippen molar-refractivity contribution in [1.29, 1.82) is 0 Å². The fraction of sp³-hybridized carbons (Fsp3) is 0.235. The van der Waals surface area contributed by atoms with Gasteiger partial charge >= 0.3 is 0 Å². The number of primary sulfonamides is 1. The van der Waals surface area contributed by atoms with Crippen LogP contribution in [0.15, 0.2) is 46.2 Å². The van der Waals surface area contributed by atoms with E-state index in [0.29, 0.717) is 11.3 Å². The largest absolute Gasteiger partial charge is 0.325 e. The lowest BCUT2D eigenvalue weighted by molar-refractivity contribution is -0.113. The van der Waals surface area contributed by atoms with Crippen molar-refractivity contribution in [1.82, 2.24) is 0 Å². The summed E-state index contributed by atoms with van der Waals surface area (Å²) < 4.78 is 23.1. The zero-order valence-corrected chi connectivity index (χ0v) is 15.4. The van der Waals surface area contributed by atoms with Crippen LogP contribution < -0.4 is 10.5 Å². The Bertz CT molecular complexity index is 877. The van der Waals surface area contributed by atoms with Crippen LogP contribution in [0.3, 0.4) is 0 Å². The van der Waals surface area contributed by atoms with Crippen molar-refractivity contribution in [2.24, 2.45) is 5.14 Å². The van der Waals surface area contributed by atoms with E-state index < -0.39 is 10.0 Å². The van der Waals surface area contributed by atoms with E-state index in [9.17, 15) is 13.2 Å². The molecule has 0 saturated heterocycles. The highest BCUT2D eigenvalue weighted by atomic mass is 32.2. The van der Waals surface area contributed by atoms with E-state index in [1.165, 1.54) is 23.4 Å². The highest BCUT2D eigenvalue weighted by Gasteiger charge is 2.13. The van der Waals surface area contributed by atoms with Gasteiger partial charge in [0.15, 0.2) is 0 Å². The zero-order valence-electron chi connectivity index (χ0n) is 13.8. The number of thioether (sulfide) groups is 1. The molecule has 0 heterocycles. The third kappa shape index (κ3) is 4.83. The van der Waals surface area contributed by atoms with Crippen LogP contribution >= 0.6 is 11.8 Å². The van der Waals surface area contributed by atoms with Crippen LogP contribution in [0.2, 0.25) is 0 Å². The maximum atomic E-state index is 12.1. The molecule has 24 heavy (non-hydrogen) atoms. The first-order valence-corrected chi connectivity index (χ1v) is 9.83. The van der Waals surface area contributed by atoms with Gasteiger partial charge in [-0.2, -0.15) is 0 Å². The lowest BCUT2D eigenvalue weighted by Gasteiger charge is -2.10. The first-order valence-electron chi connectivity index (χ1n) is 7.30. The molecule has 0 atom stereocenters. The second-order valence-corrected chi connectivity index (χ2v) is 8.18.